The Balaban J connectivity index is 2.97. The molecule has 116 valence electrons. The Morgan fingerprint density at radius 1 is 1.33 bits per heavy atom. The van der Waals surface area contributed by atoms with Crippen LogP contribution < -0.4 is 4.72 Å². The maximum Gasteiger partial charge on any atom is 0.321 e. The minimum atomic E-state index is -4.27. The van der Waals surface area contributed by atoms with E-state index in [2.05, 4.69) is 0 Å². The third-order valence-electron chi connectivity index (χ3n) is 2.44. The van der Waals surface area contributed by atoms with Gasteiger partial charge in [-0.2, -0.15) is 4.72 Å². The van der Waals surface area contributed by atoms with Gasteiger partial charge in [-0.3, -0.25) is 9.59 Å². The highest BCUT2D eigenvalue weighted by Crippen LogP contribution is 2.19. The molecule has 1 aromatic carbocycles. The molecular formula is C11H11ClFNO6S. The lowest BCUT2D eigenvalue weighted by Crippen LogP contribution is -2.41. The lowest BCUT2D eigenvalue weighted by Gasteiger charge is -2.14. The van der Waals surface area contributed by atoms with Crippen LogP contribution in [0.4, 0.5) is 4.39 Å². The average Bonchev–Trinajstić information content (AvgIpc) is 2.37. The first-order valence-corrected chi connectivity index (χ1v) is 7.41. The minimum Gasteiger partial charge on any atom is -0.481 e. The summed E-state index contributed by atoms with van der Waals surface area (Å²) in [5.41, 5.74) is 0. The highest BCUT2D eigenvalue weighted by atomic mass is 35.5. The van der Waals surface area contributed by atoms with Crippen LogP contribution in [0.5, 0.6) is 0 Å². The molecule has 0 saturated heterocycles. The summed E-state index contributed by atoms with van der Waals surface area (Å²) in [5.74, 6) is -3.60. The Morgan fingerprint density at radius 2 is 1.95 bits per heavy atom. The zero-order chi connectivity index (χ0) is 16.2. The number of sulfonamides is 1. The van der Waals surface area contributed by atoms with Crippen molar-refractivity contribution in [3.8, 4) is 0 Å². The van der Waals surface area contributed by atoms with Crippen molar-refractivity contribution in [3.63, 3.8) is 0 Å². The highest BCUT2D eigenvalue weighted by molar-refractivity contribution is 7.89. The van der Waals surface area contributed by atoms with Crippen LogP contribution in [0.2, 0.25) is 5.02 Å². The quantitative estimate of drug-likeness (QED) is 0.683. The predicted octanol–water partition coefficient (Wildman–Crippen LogP) is 1.08. The lowest BCUT2D eigenvalue weighted by atomic mass is 10.2. The number of rotatable bonds is 7. The minimum absolute atomic E-state index is 0.421. The fraction of sp³-hybridized carbons (Fsp3) is 0.273. The molecule has 0 aliphatic heterocycles. The van der Waals surface area contributed by atoms with E-state index in [9.17, 15) is 22.4 Å². The molecule has 0 radical (unpaired) electrons. The number of carboxylic acid groups (broad SMARTS) is 2. The van der Waals surface area contributed by atoms with Gasteiger partial charge in [0.05, 0.1) is 9.92 Å². The number of hydrogen-bond acceptors (Lipinski definition) is 4. The molecular weight excluding hydrogens is 329 g/mol. The number of halogens is 2. The van der Waals surface area contributed by atoms with Crippen molar-refractivity contribution in [3.05, 3.63) is 29.0 Å². The number of benzene rings is 1. The summed E-state index contributed by atoms with van der Waals surface area (Å²) in [7, 11) is -4.27. The van der Waals surface area contributed by atoms with Gasteiger partial charge in [0.15, 0.2) is 0 Å². The molecule has 1 aromatic rings. The third-order valence-corrected chi connectivity index (χ3v) is 4.20. The summed E-state index contributed by atoms with van der Waals surface area (Å²) in [6.07, 6.45) is -0.956. The first kappa shape index (κ1) is 17.3. The van der Waals surface area contributed by atoms with Crippen molar-refractivity contribution in [2.45, 2.75) is 23.8 Å². The highest BCUT2D eigenvalue weighted by Gasteiger charge is 2.26. The molecule has 7 nitrogen and oxygen atoms in total. The Hall–Kier alpha value is -1.71. The smallest absolute Gasteiger partial charge is 0.321 e. The Bertz CT molecular complexity index is 663. The van der Waals surface area contributed by atoms with Crippen LogP contribution in [0.3, 0.4) is 0 Å². The molecule has 3 N–H and O–H groups in total. The molecule has 0 aliphatic carbocycles. The van der Waals surface area contributed by atoms with E-state index in [1.165, 1.54) is 0 Å². The molecule has 0 bridgehead atoms. The van der Waals surface area contributed by atoms with Crippen LogP contribution in [-0.2, 0) is 19.6 Å². The van der Waals surface area contributed by atoms with Gasteiger partial charge in [-0.1, -0.05) is 11.6 Å². The number of nitrogens with one attached hydrogen (secondary N) is 1. The first-order chi connectivity index (χ1) is 9.63. The van der Waals surface area contributed by atoms with Crippen LogP contribution in [0.15, 0.2) is 23.1 Å². The fourth-order valence-corrected chi connectivity index (χ4v) is 2.89. The Labute approximate surface area is 124 Å². The van der Waals surface area contributed by atoms with Crippen LogP contribution in [0.1, 0.15) is 12.8 Å². The van der Waals surface area contributed by atoms with Gasteiger partial charge in [-0.25, -0.2) is 12.8 Å². The van der Waals surface area contributed by atoms with E-state index >= 15 is 0 Å². The van der Waals surface area contributed by atoms with Gasteiger partial charge in [-0.05, 0) is 24.6 Å². The van der Waals surface area contributed by atoms with Crippen molar-refractivity contribution < 1.29 is 32.6 Å². The average molecular weight is 340 g/mol. The van der Waals surface area contributed by atoms with E-state index in [4.69, 9.17) is 21.8 Å². The summed E-state index contributed by atoms with van der Waals surface area (Å²) >= 11 is 5.46. The van der Waals surface area contributed by atoms with Gasteiger partial charge in [0.1, 0.15) is 11.9 Å². The standard InChI is InChI=1S/C11H11ClFNO6S/c12-7-5-6(1-2-8(7)13)21(19,20)14-9(11(17)18)3-4-10(15)16/h1-2,5,9,14H,3-4H2,(H,15,16)(H,17,18)/t9-/m0/s1. The second-order valence-electron chi connectivity index (χ2n) is 4.02. The molecule has 21 heavy (non-hydrogen) atoms. The monoisotopic (exact) mass is 339 g/mol. The Kier molecular flexibility index (Phi) is 5.64. The lowest BCUT2D eigenvalue weighted by molar-refractivity contribution is -0.140. The van der Waals surface area contributed by atoms with E-state index in [1.54, 1.807) is 0 Å². The van der Waals surface area contributed by atoms with E-state index in [0.717, 1.165) is 18.2 Å². The van der Waals surface area contributed by atoms with E-state index in [-0.39, 0.29) is 0 Å². The van der Waals surface area contributed by atoms with E-state index < -0.39 is 56.6 Å². The molecule has 1 rings (SSSR count). The number of carboxylic acids is 2. The molecule has 0 aromatic heterocycles. The molecule has 0 unspecified atom stereocenters. The van der Waals surface area contributed by atoms with Gasteiger partial charge in [0.25, 0.3) is 0 Å². The molecule has 0 heterocycles. The zero-order valence-corrected chi connectivity index (χ0v) is 12.0. The van der Waals surface area contributed by atoms with Crippen LogP contribution in [0, 0.1) is 5.82 Å². The van der Waals surface area contributed by atoms with Gasteiger partial charge < -0.3 is 10.2 Å². The van der Waals surface area contributed by atoms with Crippen molar-refractivity contribution in [1.29, 1.82) is 0 Å². The summed E-state index contributed by atoms with van der Waals surface area (Å²) in [6, 6.07) is 0.953. The van der Waals surface area contributed by atoms with E-state index in [0.29, 0.717) is 0 Å². The van der Waals surface area contributed by atoms with Crippen LogP contribution in [0.25, 0.3) is 0 Å². The summed E-state index contributed by atoms with van der Waals surface area (Å²) in [4.78, 5) is 20.9. The van der Waals surface area contributed by atoms with E-state index in [1.807, 2.05) is 4.72 Å². The maximum absolute atomic E-state index is 13.0. The van der Waals surface area contributed by atoms with Gasteiger partial charge in [0.2, 0.25) is 10.0 Å². The fourth-order valence-electron chi connectivity index (χ4n) is 1.40. The topological polar surface area (TPSA) is 121 Å². The Morgan fingerprint density at radius 3 is 2.43 bits per heavy atom. The third kappa shape index (κ3) is 4.96. The second kappa shape index (κ2) is 6.83. The molecule has 0 amide bonds. The van der Waals surface area contributed by atoms with Gasteiger partial charge >= 0.3 is 11.9 Å². The number of hydrogen-bond donors (Lipinski definition) is 3. The van der Waals surface area contributed by atoms with Crippen molar-refractivity contribution in [1.82, 2.24) is 4.72 Å². The van der Waals surface area contributed by atoms with Crippen molar-refractivity contribution in [2.24, 2.45) is 0 Å². The molecule has 0 saturated carbocycles. The molecule has 0 aliphatic rings. The molecule has 0 spiro atoms. The summed E-state index contributed by atoms with van der Waals surface area (Å²) < 4.78 is 38.7. The first-order valence-electron chi connectivity index (χ1n) is 5.55. The van der Waals surface area contributed by atoms with Gasteiger partial charge in [0, 0.05) is 6.42 Å². The zero-order valence-electron chi connectivity index (χ0n) is 10.4. The van der Waals surface area contributed by atoms with Crippen molar-refractivity contribution in [2.75, 3.05) is 0 Å². The van der Waals surface area contributed by atoms with Crippen molar-refractivity contribution >= 4 is 33.6 Å². The number of carbonyl (C=O) groups is 2. The van der Waals surface area contributed by atoms with Gasteiger partial charge in [-0.15, -0.1) is 0 Å². The maximum atomic E-state index is 13.0. The van der Waals surface area contributed by atoms with Crippen LogP contribution in [-0.4, -0.2) is 36.6 Å². The summed E-state index contributed by atoms with van der Waals surface area (Å²) in [6.45, 7) is 0. The summed E-state index contributed by atoms with van der Waals surface area (Å²) in [5, 5.41) is 17.0. The largest absolute Gasteiger partial charge is 0.481 e. The normalized spacial score (nSPS) is 12.9. The SMILES string of the molecule is O=C(O)CC[C@H](NS(=O)(=O)c1ccc(F)c(Cl)c1)C(=O)O. The molecule has 0 fully saturated rings. The second-order valence-corrected chi connectivity index (χ2v) is 6.14. The predicted molar refractivity (Wildman–Crippen MR) is 70.0 cm³/mol. The van der Waals surface area contributed by atoms with Crippen LogP contribution >= 0.6 is 11.6 Å². The molecule has 10 heteroatoms. The molecule has 1 atom stereocenters. The number of aliphatic carboxylic acids is 2.